The molecule has 0 unspecified atom stereocenters. The molecule has 2 nitrogen and oxygen atoms in total. The first-order chi connectivity index (χ1) is 6.25. The lowest BCUT2D eigenvalue weighted by Gasteiger charge is -1.95. The minimum atomic E-state index is 0.551. The van der Waals surface area contributed by atoms with E-state index in [4.69, 9.17) is 11.6 Å². The summed E-state index contributed by atoms with van der Waals surface area (Å²) < 4.78 is 1.03. The van der Waals surface area contributed by atoms with Crippen LogP contribution in [0.3, 0.4) is 0 Å². The summed E-state index contributed by atoms with van der Waals surface area (Å²) in [5.41, 5.74) is 1.89. The summed E-state index contributed by atoms with van der Waals surface area (Å²) >= 11 is 9.12. The molecular formula is C9H6BrClN2. The smallest absolute Gasteiger partial charge is 0.124 e. The summed E-state index contributed by atoms with van der Waals surface area (Å²) in [7, 11) is 0. The second-order valence-electron chi connectivity index (χ2n) is 2.61. The van der Waals surface area contributed by atoms with Crippen molar-refractivity contribution in [1.29, 1.82) is 0 Å². The standard InChI is InChI=1S/C9H6BrClN2/c10-7-3-1-2-6(4-7)8-5-9(11)13-12-8/h1-5H,(H,12,13). The molecule has 0 saturated carbocycles. The molecule has 0 bridgehead atoms. The van der Waals surface area contributed by atoms with Crippen molar-refractivity contribution in [3.8, 4) is 11.3 Å². The normalized spacial score (nSPS) is 10.3. The molecule has 66 valence electrons. The van der Waals surface area contributed by atoms with Gasteiger partial charge in [0, 0.05) is 16.1 Å². The summed E-state index contributed by atoms with van der Waals surface area (Å²) in [6.45, 7) is 0. The van der Waals surface area contributed by atoms with E-state index in [9.17, 15) is 0 Å². The molecule has 0 aliphatic carbocycles. The van der Waals surface area contributed by atoms with Crippen molar-refractivity contribution in [2.75, 3.05) is 0 Å². The second kappa shape index (κ2) is 3.52. The zero-order valence-corrected chi connectivity index (χ0v) is 8.93. The maximum atomic E-state index is 5.72. The molecule has 2 rings (SSSR count). The Kier molecular flexibility index (Phi) is 2.38. The highest BCUT2D eigenvalue weighted by Gasteiger charge is 2.01. The third-order valence-corrected chi connectivity index (χ3v) is 2.35. The first kappa shape index (κ1) is 8.78. The molecule has 0 fully saturated rings. The third-order valence-electron chi connectivity index (χ3n) is 1.67. The van der Waals surface area contributed by atoms with Gasteiger partial charge in [-0.1, -0.05) is 39.7 Å². The van der Waals surface area contributed by atoms with Gasteiger partial charge in [0.1, 0.15) is 5.15 Å². The van der Waals surface area contributed by atoms with Crippen LogP contribution in [0.5, 0.6) is 0 Å². The predicted molar refractivity (Wildman–Crippen MR) is 56.7 cm³/mol. The van der Waals surface area contributed by atoms with E-state index in [2.05, 4.69) is 26.1 Å². The Bertz CT molecular complexity index is 425. The average Bonchev–Trinajstić information content (AvgIpc) is 2.52. The van der Waals surface area contributed by atoms with Crippen LogP contribution in [-0.4, -0.2) is 10.2 Å². The molecular weight excluding hydrogens is 251 g/mol. The van der Waals surface area contributed by atoms with Gasteiger partial charge in [0.05, 0.1) is 5.69 Å². The van der Waals surface area contributed by atoms with E-state index in [1.165, 1.54) is 0 Å². The molecule has 1 heterocycles. The van der Waals surface area contributed by atoms with Crippen LogP contribution >= 0.6 is 27.5 Å². The van der Waals surface area contributed by atoms with Gasteiger partial charge in [-0.3, -0.25) is 5.10 Å². The van der Waals surface area contributed by atoms with Gasteiger partial charge in [-0.05, 0) is 12.1 Å². The largest absolute Gasteiger partial charge is 0.267 e. The van der Waals surface area contributed by atoms with Crippen LogP contribution in [0, 0.1) is 0 Å². The highest BCUT2D eigenvalue weighted by molar-refractivity contribution is 9.10. The highest BCUT2D eigenvalue weighted by atomic mass is 79.9. The number of hydrogen-bond donors (Lipinski definition) is 1. The Balaban J connectivity index is 2.46. The van der Waals surface area contributed by atoms with Gasteiger partial charge in [0.2, 0.25) is 0 Å². The molecule has 2 aromatic rings. The van der Waals surface area contributed by atoms with Crippen LogP contribution in [0.15, 0.2) is 34.8 Å². The van der Waals surface area contributed by atoms with Crippen LogP contribution in [0.4, 0.5) is 0 Å². The van der Waals surface area contributed by atoms with E-state index in [1.807, 2.05) is 24.3 Å². The Hall–Kier alpha value is -0.800. The summed E-state index contributed by atoms with van der Waals surface area (Å²) in [6.07, 6.45) is 0. The zero-order valence-electron chi connectivity index (χ0n) is 6.59. The van der Waals surface area contributed by atoms with Crippen molar-refractivity contribution in [1.82, 2.24) is 10.2 Å². The van der Waals surface area contributed by atoms with Gasteiger partial charge in [-0.25, -0.2) is 0 Å². The van der Waals surface area contributed by atoms with Gasteiger partial charge in [-0.15, -0.1) is 0 Å². The molecule has 0 saturated heterocycles. The quantitative estimate of drug-likeness (QED) is 0.832. The van der Waals surface area contributed by atoms with Crippen molar-refractivity contribution in [2.24, 2.45) is 0 Å². The molecule has 0 aliphatic rings. The molecule has 1 aromatic heterocycles. The monoisotopic (exact) mass is 256 g/mol. The molecule has 1 aromatic carbocycles. The van der Waals surface area contributed by atoms with Crippen LogP contribution in [-0.2, 0) is 0 Å². The molecule has 4 heteroatoms. The molecule has 0 radical (unpaired) electrons. The van der Waals surface area contributed by atoms with Crippen LogP contribution < -0.4 is 0 Å². The number of nitrogens with zero attached hydrogens (tertiary/aromatic N) is 1. The molecule has 13 heavy (non-hydrogen) atoms. The fourth-order valence-electron chi connectivity index (χ4n) is 1.09. The van der Waals surface area contributed by atoms with Gasteiger partial charge in [-0.2, -0.15) is 5.10 Å². The van der Waals surface area contributed by atoms with Crippen molar-refractivity contribution >= 4 is 27.5 Å². The Morgan fingerprint density at radius 1 is 1.31 bits per heavy atom. The summed E-state index contributed by atoms with van der Waals surface area (Å²) in [6, 6.07) is 9.70. The summed E-state index contributed by atoms with van der Waals surface area (Å²) in [5.74, 6) is 0. The fourth-order valence-corrected chi connectivity index (χ4v) is 1.64. The molecule has 0 aliphatic heterocycles. The SMILES string of the molecule is Clc1cc(-c2cccc(Br)c2)n[nH]1. The lowest BCUT2D eigenvalue weighted by Crippen LogP contribution is -1.76. The third kappa shape index (κ3) is 1.92. The predicted octanol–water partition coefficient (Wildman–Crippen LogP) is 3.49. The van der Waals surface area contributed by atoms with Crippen LogP contribution in [0.25, 0.3) is 11.3 Å². The van der Waals surface area contributed by atoms with E-state index in [-0.39, 0.29) is 0 Å². The number of benzene rings is 1. The van der Waals surface area contributed by atoms with Gasteiger partial charge in [0.25, 0.3) is 0 Å². The number of nitrogens with one attached hydrogen (secondary N) is 1. The van der Waals surface area contributed by atoms with Crippen molar-refractivity contribution in [3.05, 3.63) is 40.0 Å². The molecule has 0 atom stereocenters. The zero-order chi connectivity index (χ0) is 9.26. The van der Waals surface area contributed by atoms with Gasteiger partial charge >= 0.3 is 0 Å². The van der Waals surface area contributed by atoms with E-state index in [0.717, 1.165) is 15.7 Å². The highest BCUT2D eigenvalue weighted by Crippen LogP contribution is 2.22. The van der Waals surface area contributed by atoms with Crippen LogP contribution in [0.2, 0.25) is 5.15 Å². The Morgan fingerprint density at radius 3 is 2.77 bits per heavy atom. The Labute approximate surface area is 89.1 Å². The summed E-state index contributed by atoms with van der Waals surface area (Å²) in [4.78, 5) is 0. The fraction of sp³-hybridized carbons (Fsp3) is 0. The maximum Gasteiger partial charge on any atom is 0.124 e. The number of hydrogen-bond acceptors (Lipinski definition) is 1. The number of aromatic nitrogens is 2. The van der Waals surface area contributed by atoms with E-state index >= 15 is 0 Å². The Morgan fingerprint density at radius 2 is 2.15 bits per heavy atom. The first-order valence-electron chi connectivity index (χ1n) is 3.72. The topological polar surface area (TPSA) is 28.7 Å². The van der Waals surface area contributed by atoms with E-state index in [0.29, 0.717) is 5.15 Å². The first-order valence-corrected chi connectivity index (χ1v) is 4.89. The second-order valence-corrected chi connectivity index (χ2v) is 3.93. The van der Waals surface area contributed by atoms with Gasteiger partial charge < -0.3 is 0 Å². The number of H-pyrrole nitrogens is 1. The van der Waals surface area contributed by atoms with E-state index < -0.39 is 0 Å². The van der Waals surface area contributed by atoms with Crippen molar-refractivity contribution < 1.29 is 0 Å². The number of halogens is 2. The summed E-state index contributed by atoms with van der Waals surface area (Å²) in [5, 5.41) is 7.29. The molecule has 0 spiro atoms. The average molecular weight is 258 g/mol. The molecule has 0 amide bonds. The van der Waals surface area contributed by atoms with Gasteiger partial charge in [0.15, 0.2) is 0 Å². The van der Waals surface area contributed by atoms with Crippen LogP contribution in [0.1, 0.15) is 0 Å². The number of aromatic amines is 1. The minimum absolute atomic E-state index is 0.551. The maximum absolute atomic E-state index is 5.72. The number of rotatable bonds is 1. The molecule has 1 N–H and O–H groups in total. The van der Waals surface area contributed by atoms with E-state index in [1.54, 1.807) is 6.07 Å². The lowest BCUT2D eigenvalue weighted by molar-refractivity contribution is 1.10. The van der Waals surface area contributed by atoms with Crippen molar-refractivity contribution in [3.63, 3.8) is 0 Å². The minimum Gasteiger partial charge on any atom is -0.267 e. The lowest BCUT2D eigenvalue weighted by atomic mass is 10.2. The van der Waals surface area contributed by atoms with Crippen molar-refractivity contribution in [2.45, 2.75) is 0 Å².